The highest BCUT2D eigenvalue weighted by Crippen LogP contribution is 2.65. The fraction of sp³-hybridized carbons (Fsp3) is 0.806. The van der Waals surface area contributed by atoms with Gasteiger partial charge in [0.05, 0.1) is 18.3 Å². The largest absolute Gasteiger partial charge is 0.396 e. The van der Waals surface area contributed by atoms with Crippen LogP contribution < -0.4 is 0 Å². The lowest BCUT2D eigenvalue weighted by Gasteiger charge is -2.58. The van der Waals surface area contributed by atoms with Gasteiger partial charge in [0.25, 0.3) is 0 Å². The molecule has 34 heavy (non-hydrogen) atoms. The second kappa shape index (κ2) is 13.0. The molecule has 3 heteroatoms. The third-order valence-electron chi connectivity index (χ3n) is 10.4. The average molecular weight is 469 g/mol. The monoisotopic (exact) mass is 468 g/mol. The molecule has 5 fully saturated rings. The maximum atomic E-state index is 10.2. The summed E-state index contributed by atoms with van der Waals surface area (Å²) >= 11 is 0. The third kappa shape index (κ3) is 5.52. The van der Waals surface area contributed by atoms with Crippen LogP contribution in [0.2, 0.25) is 0 Å². The van der Waals surface area contributed by atoms with Crippen LogP contribution in [-0.2, 0) is 4.74 Å². The highest BCUT2D eigenvalue weighted by molar-refractivity contribution is 5.08. The maximum Gasteiger partial charge on any atom is 0.0613 e. The van der Waals surface area contributed by atoms with Gasteiger partial charge in [-0.3, -0.25) is 0 Å². The van der Waals surface area contributed by atoms with Crippen molar-refractivity contribution in [2.45, 2.75) is 103 Å². The molecule has 190 valence electrons. The molecular weight excluding hydrogens is 420 g/mol. The zero-order chi connectivity index (χ0) is 25.5. The van der Waals surface area contributed by atoms with E-state index in [1.54, 1.807) is 0 Å². The number of rotatable bonds is 4. The average Bonchev–Trinajstić information content (AvgIpc) is 3.44. The number of hydrogen-bond donors (Lipinski definition) is 2. The van der Waals surface area contributed by atoms with Crippen molar-refractivity contribution < 1.29 is 14.9 Å². The summed E-state index contributed by atoms with van der Waals surface area (Å²) in [5.41, 5.74) is 0.495. The Hall–Kier alpha value is -1.44. The van der Waals surface area contributed by atoms with Gasteiger partial charge in [0.2, 0.25) is 0 Å². The van der Waals surface area contributed by atoms with Crippen molar-refractivity contribution in [3.8, 4) is 38.5 Å². The van der Waals surface area contributed by atoms with Gasteiger partial charge in [-0.15, -0.1) is 38.5 Å². The van der Waals surface area contributed by atoms with E-state index in [2.05, 4.69) is 52.4 Å². The molecule has 0 radical (unpaired) electrons. The summed E-state index contributed by atoms with van der Waals surface area (Å²) in [5.74, 6) is 5.66. The van der Waals surface area contributed by atoms with Gasteiger partial charge in [-0.2, -0.15) is 0 Å². The first-order valence-electron chi connectivity index (χ1n) is 13.4. The van der Waals surface area contributed by atoms with E-state index in [4.69, 9.17) is 4.74 Å². The van der Waals surface area contributed by atoms with E-state index >= 15 is 0 Å². The fourth-order valence-electron chi connectivity index (χ4n) is 8.81. The highest BCUT2D eigenvalue weighted by Gasteiger charge is 2.59. The molecule has 4 aliphatic carbocycles. The lowest BCUT2D eigenvalue weighted by Crippen LogP contribution is -2.51. The molecule has 5 rings (SSSR count). The molecule has 5 unspecified atom stereocenters. The highest BCUT2D eigenvalue weighted by atomic mass is 16.5. The Bertz CT molecular complexity index is 666. The van der Waals surface area contributed by atoms with E-state index in [1.165, 1.54) is 44.9 Å². The summed E-state index contributed by atoms with van der Waals surface area (Å²) in [5, 5.41) is 19.5. The van der Waals surface area contributed by atoms with Crippen LogP contribution in [0.3, 0.4) is 0 Å². The molecule has 0 bridgehead atoms. The molecular formula is C31H48O3. The van der Waals surface area contributed by atoms with Gasteiger partial charge in [0.15, 0.2) is 0 Å². The quantitative estimate of drug-likeness (QED) is 0.533. The standard InChI is InChI=1S/C25H42O3.3C2H2/c1-15(14-26)3-5-18-12-22-19-7-8-23-20(21(19)13-24(22)28-18)6-4-16-11-17(27)9-10-25(16,23)2;3*1-2/h15-24,26-27H,3-14H2,1-2H3;3*1-2H/t15-,16?,17+,18-,19+,20+,21?,22?,23?,24?,25+;;;/m1.../s1. The van der Waals surface area contributed by atoms with E-state index in [-0.39, 0.29) is 6.10 Å². The molecule has 0 aromatic heterocycles. The van der Waals surface area contributed by atoms with E-state index in [1.807, 2.05) is 0 Å². The van der Waals surface area contributed by atoms with E-state index in [0.717, 1.165) is 61.2 Å². The third-order valence-corrected chi connectivity index (χ3v) is 10.4. The molecule has 1 saturated heterocycles. The Kier molecular flexibility index (Phi) is 11.0. The Balaban J connectivity index is 0.000000633. The fourth-order valence-corrected chi connectivity index (χ4v) is 8.81. The van der Waals surface area contributed by atoms with Crippen LogP contribution in [0.1, 0.15) is 84.5 Å². The number of aliphatic hydroxyl groups is 2. The van der Waals surface area contributed by atoms with Crippen LogP contribution in [-0.4, -0.2) is 35.1 Å². The molecule has 2 N–H and O–H groups in total. The summed E-state index contributed by atoms with van der Waals surface area (Å²) in [6, 6.07) is 0. The summed E-state index contributed by atoms with van der Waals surface area (Å²) < 4.78 is 6.58. The zero-order valence-corrected chi connectivity index (χ0v) is 21.5. The van der Waals surface area contributed by atoms with Gasteiger partial charge in [0.1, 0.15) is 0 Å². The first kappa shape index (κ1) is 28.8. The molecule has 3 nitrogen and oxygen atoms in total. The molecule has 4 saturated carbocycles. The van der Waals surface area contributed by atoms with Crippen molar-refractivity contribution in [2.24, 2.45) is 46.8 Å². The van der Waals surface area contributed by atoms with E-state index in [0.29, 0.717) is 30.1 Å². The molecule has 1 aliphatic heterocycles. The Morgan fingerprint density at radius 3 is 2.21 bits per heavy atom. The lowest BCUT2D eigenvalue weighted by atomic mass is 9.47. The lowest BCUT2D eigenvalue weighted by molar-refractivity contribution is -0.109. The predicted molar refractivity (Wildman–Crippen MR) is 140 cm³/mol. The van der Waals surface area contributed by atoms with Crippen molar-refractivity contribution in [3.63, 3.8) is 0 Å². The zero-order valence-electron chi connectivity index (χ0n) is 21.5. The summed E-state index contributed by atoms with van der Waals surface area (Å²) in [6.07, 6.45) is 38.8. The predicted octanol–water partition coefficient (Wildman–Crippen LogP) is 5.54. The number of terminal acetylenes is 3. The number of aliphatic hydroxyl groups excluding tert-OH is 2. The number of fused-ring (bicyclic) bond motifs is 7. The molecule has 11 atom stereocenters. The van der Waals surface area contributed by atoms with Gasteiger partial charge in [-0.25, -0.2) is 0 Å². The first-order chi connectivity index (χ1) is 16.5. The minimum Gasteiger partial charge on any atom is -0.396 e. The summed E-state index contributed by atoms with van der Waals surface area (Å²) in [6.45, 7) is 5.05. The summed E-state index contributed by atoms with van der Waals surface area (Å²) in [4.78, 5) is 0. The molecule has 1 heterocycles. The minimum absolute atomic E-state index is 0.0318. The first-order valence-corrected chi connectivity index (χ1v) is 13.4. The Labute approximate surface area is 209 Å². The van der Waals surface area contributed by atoms with Gasteiger partial charge in [-0.05, 0) is 117 Å². The molecule has 0 amide bonds. The number of hydrogen-bond acceptors (Lipinski definition) is 3. The van der Waals surface area contributed by atoms with Crippen LogP contribution >= 0.6 is 0 Å². The topological polar surface area (TPSA) is 49.7 Å². The molecule has 0 aromatic rings. The van der Waals surface area contributed by atoms with Crippen molar-refractivity contribution in [1.29, 1.82) is 0 Å². The molecule has 0 aromatic carbocycles. The minimum atomic E-state index is -0.0318. The second-order valence-electron chi connectivity index (χ2n) is 11.7. The van der Waals surface area contributed by atoms with Gasteiger partial charge < -0.3 is 14.9 Å². The van der Waals surface area contributed by atoms with Crippen LogP contribution in [0.4, 0.5) is 0 Å². The molecule has 5 aliphatic rings. The van der Waals surface area contributed by atoms with E-state index < -0.39 is 0 Å². The van der Waals surface area contributed by atoms with Crippen LogP contribution in [0.5, 0.6) is 0 Å². The summed E-state index contributed by atoms with van der Waals surface area (Å²) in [7, 11) is 0. The van der Waals surface area contributed by atoms with Gasteiger partial charge >= 0.3 is 0 Å². The van der Waals surface area contributed by atoms with Crippen LogP contribution in [0.25, 0.3) is 0 Å². The van der Waals surface area contributed by atoms with Gasteiger partial charge in [-0.1, -0.05) is 13.8 Å². The van der Waals surface area contributed by atoms with Crippen molar-refractivity contribution >= 4 is 0 Å². The molecule has 0 spiro atoms. The van der Waals surface area contributed by atoms with Crippen LogP contribution in [0.15, 0.2) is 0 Å². The second-order valence-corrected chi connectivity index (χ2v) is 11.7. The normalized spacial score (nSPS) is 44.5. The Morgan fingerprint density at radius 1 is 0.853 bits per heavy atom. The van der Waals surface area contributed by atoms with Crippen molar-refractivity contribution in [3.05, 3.63) is 0 Å². The van der Waals surface area contributed by atoms with Crippen molar-refractivity contribution in [1.82, 2.24) is 0 Å². The number of ether oxygens (including phenoxy) is 1. The van der Waals surface area contributed by atoms with Crippen molar-refractivity contribution in [2.75, 3.05) is 6.61 Å². The van der Waals surface area contributed by atoms with E-state index in [9.17, 15) is 10.2 Å². The smallest absolute Gasteiger partial charge is 0.0613 e. The SMILES string of the molecule is C#C.C#C.C#C.C[C@@H](CO)CC[C@@H]1CC2C(CC3[C@@H]2CCC2[C@H]3CCC3C[C@@H](O)CC[C@@]32C)O1. The van der Waals surface area contributed by atoms with Crippen LogP contribution in [0, 0.1) is 85.4 Å². The Morgan fingerprint density at radius 2 is 1.53 bits per heavy atom. The maximum absolute atomic E-state index is 10.2. The van der Waals surface area contributed by atoms with Gasteiger partial charge in [0, 0.05) is 6.61 Å².